The number of aromatic amines is 1. The van der Waals surface area contributed by atoms with Gasteiger partial charge >= 0.3 is 5.69 Å². The zero-order valence-electron chi connectivity index (χ0n) is 14.8. The highest BCUT2D eigenvalue weighted by molar-refractivity contribution is 7.13. The topological polar surface area (TPSA) is 96.8 Å². The Morgan fingerprint density at radius 2 is 2.12 bits per heavy atom. The third kappa shape index (κ3) is 3.60. The summed E-state index contributed by atoms with van der Waals surface area (Å²) < 4.78 is 1.01. The Kier molecular flexibility index (Phi) is 5.03. The van der Waals surface area contributed by atoms with Gasteiger partial charge in [0.15, 0.2) is 5.13 Å². The van der Waals surface area contributed by atoms with Crippen LogP contribution >= 0.6 is 11.3 Å². The Labute approximate surface area is 153 Å². The highest BCUT2D eigenvalue weighted by atomic mass is 32.1. The molecule has 1 aromatic carbocycles. The van der Waals surface area contributed by atoms with Crippen LogP contribution < -0.4 is 16.6 Å². The molecule has 3 aromatic rings. The van der Waals surface area contributed by atoms with Crippen molar-refractivity contribution in [1.82, 2.24) is 14.5 Å². The summed E-state index contributed by atoms with van der Waals surface area (Å²) in [5.41, 5.74) is 0.349. The number of carbonyl (C=O) groups is 1. The van der Waals surface area contributed by atoms with Gasteiger partial charge in [-0.1, -0.05) is 19.9 Å². The second-order valence-electron chi connectivity index (χ2n) is 6.63. The van der Waals surface area contributed by atoms with Crippen LogP contribution in [0.3, 0.4) is 0 Å². The van der Waals surface area contributed by atoms with Crippen molar-refractivity contribution in [2.24, 2.45) is 5.92 Å². The van der Waals surface area contributed by atoms with E-state index in [9.17, 15) is 14.4 Å². The van der Waals surface area contributed by atoms with Gasteiger partial charge in [0.2, 0.25) is 5.91 Å². The number of nitrogens with one attached hydrogen (secondary N) is 2. The van der Waals surface area contributed by atoms with E-state index in [4.69, 9.17) is 0 Å². The molecular weight excluding hydrogens is 352 g/mol. The zero-order chi connectivity index (χ0) is 18.8. The Balaban J connectivity index is 2.11. The van der Waals surface area contributed by atoms with Crippen LogP contribution in [-0.4, -0.2) is 20.4 Å². The van der Waals surface area contributed by atoms with Crippen LogP contribution in [0.4, 0.5) is 5.13 Å². The van der Waals surface area contributed by atoms with Crippen LogP contribution in [0.1, 0.15) is 31.9 Å². The molecule has 2 aromatic heterocycles. The van der Waals surface area contributed by atoms with Gasteiger partial charge in [-0.15, -0.1) is 11.3 Å². The fourth-order valence-corrected chi connectivity index (χ4v) is 3.41. The maximum Gasteiger partial charge on any atom is 0.329 e. The molecule has 0 radical (unpaired) electrons. The lowest BCUT2D eigenvalue weighted by atomic mass is 10.0. The predicted molar refractivity (Wildman–Crippen MR) is 103 cm³/mol. The second-order valence-corrected chi connectivity index (χ2v) is 7.52. The van der Waals surface area contributed by atoms with Crippen LogP contribution in [-0.2, 0) is 4.79 Å². The number of aryl methyl sites for hydroxylation is 1. The van der Waals surface area contributed by atoms with Gasteiger partial charge in [0.05, 0.1) is 10.9 Å². The maximum absolute atomic E-state index is 12.9. The molecule has 7 nitrogen and oxygen atoms in total. The Morgan fingerprint density at radius 1 is 1.35 bits per heavy atom. The monoisotopic (exact) mass is 372 g/mol. The number of fused-ring (bicyclic) bond motifs is 1. The Morgan fingerprint density at radius 3 is 2.77 bits per heavy atom. The van der Waals surface area contributed by atoms with Gasteiger partial charge in [0.25, 0.3) is 5.56 Å². The molecule has 2 heterocycles. The molecule has 8 heteroatoms. The van der Waals surface area contributed by atoms with E-state index in [-0.39, 0.29) is 5.92 Å². The van der Waals surface area contributed by atoms with Gasteiger partial charge in [0, 0.05) is 11.6 Å². The molecule has 0 unspecified atom stereocenters. The second kappa shape index (κ2) is 7.25. The number of nitrogens with zero attached hydrogens (tertiary/aromatic N) is 2. The van der Waals surface area contributed by atoms with Crippen molar-refractivity contribution in [2.45, 2.75) is 33.2 Å². The number of amides is 1. The molecule has 0 saturated heterocycles. The average Bonchev–Trinajstić information content (AvgIpc) is 3.06. The van der Waals surface area contributed by atoms with E-state index < -0.39 is 23.2 Å². The summed E-state index contributed by atoms with van der Waals surface area (Å²) >= 11 is 1.28. The maximum atomic E-state index is 12.9. The van der Waals surface area contributed by atoms with E-state index in [2.05, 4.69) is 15.3 Å². The quantitative estimate of drug-likeness (QED) is 0.719. The highest BCUT2D eigenvalue weighted by Gasteiger charge is 2.26. The van der Waals surface area contributed by atoms with Gasteiger partial charge in [0.1, 0.15) is 6.04 Å². The fraction of sp³-hybridized carbons (Fsp3) is 0.333. The Bertz CT molecular complexity index is 1050. The lowest BCUT2D eigenvalue weighted by Crippen LogP contribution is -2.43. The van der Waals surface area contributed by atoms with Crippen LogP contribution in [0.25, 0.3) is 10.9 Å². The SMILES string of the molecule is Cc1ccc2c(=O)n([C@@H](CC(C)C)C(=O)Nc3nccs3)c(=O)[nH]c2c1. The van der Waals surface area contributed by atoms with Crippen LogP contribution in [0.5, 0.6) is 0 Å². The summed E-state index contributed by atoms with van der Waals surface area (Å²) in [5.74, 6) is -0.310. The van der Waals surface area contributed by atoms with Crippen molar-refractivity contribution in [3.63, 3.8) is 0 Å². The normalized spacial score (nSPS) is 12.5. The standard InChI is InChI=1S/C18H20N4O3S/c1-10(2)8-14(15(23)21-17-19-6-7-26-17)22-16(24)12-5-4-11(3)9-13(12)20-18(22)25/h4-7,9-10,14H,8H2,1-3H3,(H,20,25)(H,19,21,23)/t14-/m0/s1. The summed E-state index contributed by atoms with van der Waals surface area (Å²) in [6.45, 7) is 5.76. The number of hydrogen-bond donors (Lipinski definition) is 2. The van der Waals surface area contributed by atoms with E-state index in [1.165, 1.54) is 11.3 Å². The van der Waals surface area contributed by atoms with Gasteiger partial charge < -0.3 is 10.3 Å². The molecule has 0 fully saturated rings. The minimum atomic E-state index is -0.916. The summed E-state index contributed by atoms with van der Waals surface area (Å²) in [6.07, 6.45) is 1.94. The molecule has 0 aliphatic rings. The molecular formula is C18H20N4O3S. The number of benzene rings is 1. The molecule has 1 amide bonds. The van der Waals surface area contributed by atoms with Crippen LogP contribution in [0.2, 0.25) is 0 Å². The Hall–Kier alpha value is -2.74. The van der Waals surface area contributed by atoms with Gasteiger partial charge in [-0.25, -0.2) is 14.3 Å². The van der Waals surface area contributed by atoms with E-state index in [1.54, 1.807) is 29.8 Å². The van der Waals surface area contributed by atoms with Crippen molar-refractivity contribution in [3.05, 3.63) is 56.2 Å². The smallest absolute Gasteiger partial charge is 0.307 e. The van der Waals surface area contributed by atoms with E-state index >= 15 is 0 Å². The molecule has 0 spiro atoms. The van der Waals surface area contributed by atoms with Crippen molar-refractivity contribution < 1.29 is 4.79 Å². The molecule has 26 heavy (non-hydrogen) atoms. The van der Waals surface area contributed by atoms with E-state index in [1.807, 2.05) is 20.8 Å². The number of H-pyrrole nitrogens is 1. The van der Waals surface area contributed by atoms with Crippen molar-refractivity contribution in [2.75, 3.05) is 5.32 Å². The van der Waals surface area contributed by atoms with Crippen molar-refractivity contribution in [3.8, 4) is 0 Å². The summed E-state index contributed by atoms with van der Waals surface area (Å²) in [6, 6.07) is 4.31. The van der Waals surface area contributed by atoms with Gasteiger partial charge in [-0.05, 0) is 37.0 Å². The lowest BCUT2D eigenvalue weighted by molar-refractivity contribution is -0.119. The molecule has 0 saturated carbocycles. The highest BCUT2D eigenvalue weighted by Crippen LogP contribution is 2.19. The average molecular weight is 372 g/mol. The number of rotatable bonds is 5. The van der Waals surface area contributed by atoms with Gasteiger partial charge in [-0.2, -0.15) is 0 Å². The number of anilines is 1. The third-order valence-corrected chi connectivity index (χ3v) is 4.74. The van der Waals surface area contributed by atoms with E-state index in [0.29, 0.717) is 22.5 Å². The summed E-state index contributed by atoms with van der Waals surface area (Å²) in [5, 5.41) is 5.25. The fourth-order valence-electron chi connectivity index (χ4n) is 2.88. The van der Waals surface area contributed by atoms with E-state index in [0.717, 1.165) is 10.1 Å². The lowest BCUT2D eigenvalue weighted by Gasteiger charge is -2.20. The number of carbonyl (C=O) groups excluding carboxylic acids is 1. The summed E-state index contributed by atoms with van der Waals surface area (Å²) in [4.78, 5) is 45.1. The molecule has 0 aliphatic heterocycles. The molecule has 2 N–H and O–H groups in total. The molecule has 0 aliphatic carbocycles. The minimum absolute atomic E-state index is 0.113. The van der Waals surface area contributed by atoms with Gasteiger partial charge in [-0.3, -0.25) is 9.59 Å². The summed E-state index contributed by atoms with van der Waals surface area (Å²) in [7, 11) is 0. The first kappa shape index (κ1) is 18.1. The number of aromatic nitrogens is 3. The van der Waals surface area contributed by atoms with Crippen LogP contribution in [0, 0.1) is 12.8 Å². The zero-order valence-corrected chi connectivity index (χ0v) is 15.6. The molecule has 0 bridgehead atoms. The van der Waals surface area contributed by atoms with Crippen molar-refractivity contribution in [1.29, 1.82) is 0 Å². The number of hydrogen-bond acceptors (Lipinski definition) is 5. The number of thiazole rings is 1. The first-order valence-electron chi connectivity index (χ1n) is 8.32. The first-order valence-corrected chi connectivity index (χ1v) is 9.20. The molecule has 3 rings (SSSR count). The molecule has 136 valence electrons. The molecule has 1 atom stereocenters. The minimum Gasteiger partial charge on any atom is -0.307 e. The van der Waals surface area contributed by atoms with Crippen molar-refractivity contribution >= 4 is 33.3 Å². The predicted octanol–water partition coefficient (Wildman–Crippen LogP) is 2.68. The van der Waals surface area contributed by atoms with Crippen LogP contribution in [0.15, 0.2) is 39.4 Å². The third-order valence-electron chi connectivity index (χ3n) is 4.06. The largest absolute Gasteiger partial charge is 0.329 e. The first-order chi connectivity index (χ1) is 12.4.